The van der Waals surface area contributed by atoms with Gasteiger partial charge >= 0.3 is 0 Å². The largest absolute Gasteiger partial charge is 0.324 e. The lowest BCUT2D eigenvalue weighted by molar-refractivity contribution is -0.116. The van der Waals surface area contributed by atoms with Gasteiger partial charge in [-0.2, -0.15) is 0 Å². The average Bonchev–Trinajstić information content (AvgIpc) is 2.64. The van der Waals surface area contributed by atoms with Crippen LogP contribution in [0.2, 0.25) is 5.28 Å². The third-order valence-corrected chi connectivity index (χ3v) is 2.40. The Balaban J connectivity index is 2.01. The van der Waals surface area contributed by atoms with E-state index in [1.165, 1.54) is 29.0 Å². The maximum absolute atomic E-state index is 12.9. The molecule has 1 heterocycles. The predicted molar refractivity (Wildman–Crippen MR) is 62.3 cm³/mol. The first kappa shape index (κ1) is 11.6. The Morgan fingerprint density at radius 3 is 3.00 bits per heavy atom. The molecule has 0 radical (unpaired) electrons. The van der Waals surface area contributed by atoms with Crippen molar-refractivity contribution in [3.05, 3.63) is 47.8 Å². The fourth-order valence-electron chi connectivity index (χ4n) is 1.35. The minimum Gasteiger partial charge on any atom is -0.324 e. The molecular formula is C11H9ClFN3O. The molecule has 1 aromatic carbocycles. The molecule has 0 aliphatic heterocycles. The summed E-state index contributed by atoms with van der Waals surface area (Å²) in [7, 11) is 0. The lowest BCUT2D eigenvalue weighted by atomic mass is 10.3. The van der Waals surface area contributed by atoms with Crippen molar-refractivity contribution in [3.63, 3.8) is 0 Å². The first-order chi connectivity index (χ1) is 8.15. The number of benzene rings is 1. The number of nitrogens with one attached hydrogen (secondary N) is 1. The second kappa shape index (κ2) is 4.97. The molecule has 0 fully saturated rings. The predicted octanol–water partition coefficient (Wildman–Crippen LogP) is 2.31. The molecule has 2 aromatic rings. The molecular weight excluding hydrogens is 245 g/mol. The molecule has 0 unspecified atom stereocenters. The van der Waals surface area contributed by atoms with E-state index in [0.29, 0.717) is 5.69 Å². The highest BCUT2D eigenvalue weighted by Crippen LogP contribution is 2.10. The zero-order valence-electron chi connectivity index (χ0n) is 8.73. The van der Waals surface area contributed by atoms with Crippen molar-refractivity contribution in [2.45, 2.75) is 6.54 Å². The Bertz CT molecular complexity index is 541. The van der Waals surface area contributed by atoms with E-state index < -0.39 is 5.82 Å². The molecule has 88 valence electrons. The van der Waals surface area contributed by atoms with Gasteiger partial charge in [0.25, 0.3) is 0 Å². The smallest absolute Gasteiger partial charge is 0.244 e. The lowest BCUT2D eigenvalue weighted by Crippen LogP contribution is -2.18. The zero-order chi connectivity index (χ0) is 12.3. The van der Waals surface area contributed by atoms with E-state index in [1.807, 2.05) is 0 Å². The molecule has 0 aliphatic rings. The van der Waals surface area contributed by atoms with Crippen LogP contribution >= 0.6 is 11.6 Å². The van der Waals surface area contributed by atoms with Crippen molar-refractivity contribution in [1.29, 1.82) is 0 Å². The number of carbonyl (C=O) groups is 1. The van der Waals surface area contributed by atoms with Crippen LogP contribution < -0.4 is 5.32 Å². The summed E-state index contributed by atoms with van der Waals surface area (Å²) in [6.45, 7) is 0.0371. The van der Waals surface area contributed by atoms with E-state index in [2.05, 4.69) is 10.3 Å². The Morgan fingerprint density at radius 2 is 2.35 bits per heavy atom. The number of imidazole rings is 1. The van der Waals surface area contributed by atoms with E-state index in [1.54, 1.807) is 12.3 Å². The number of nitrogens with zero attached hydrogens (tertiary/aromatic N) is 2. The van der Waals surface area contributed by atoms with Crippen molar-refractivity contribution >= 4 is 23.2 Å². The van der Waals surface area contributed by atoms with Gasteiger partial charge < -0.3 is 9.88 Å². The van der Waals surface area contributed by atoms with Crippen LogP contribution in [0, 0.1) is 5.82 Å². The molecule has 0 spiro atoms. The van der Waals surface area contributed by atoms with E-state index in [9.17, 15) is 9.18 Å². The van der Waals surface area contributed by atoms with Crippen LogP contribution in [-0.4, -0.2) is 15.5 Å². The normalized spacial score (nSPS) is 10.2. The number of amides is 1. The summed E-state index contributed by atoms with van der Waals surface area (Å²) in [5.74, 6) is -0.695. The SMILES string of the molecule is O=C(Cn1ccnc1Cl)Nc1cccc(F)c1. The lowest BCUT2D eigenvalue weighted by Gasteiger charge is -2.06. The van der Waals surface area contributed by atoms with E-state index in [0.717, 1.165) is 0 Å². The van der Waals surface area contributed by atoms with E-state index in [4.69, 9.17) is 11.6 Å². The van der Waals surface area contributed by atoms with Crippen LogP contribution in [0.4, 0.5) is 10.1 Å². The fourth-order valence-corrected chi connectivity index (χ4v) is 1.52. The number of hydrogen-bond donors (Lipinski definition) is 1. The second-order valence-electron chi connectivity index (χ2n) is 3.38. The van der Waals surface area contributed by atoms with E-state index in [-0.39, 0.29) is 17.7 Å². The fraction of sp³-hybridized carbons (Fsp3) is 0.0909. The standard InChI is InChI=1S/C11H9ClFN3O/c12-11-14-4-5-16(11)7-10(17)15-9-3-1-2-8(13)6-9/h1-6H,7H2,(H,15,17). The average molecular weight is 254 g/mol. The minimum atomic E-state index is -0.400. The van der Waals surface area contributed by atoms with Gasteiger partial charge in [-0.1, -0.05) is 6.07 Å². The summed E-state index contributed by atoms with van der Waals surface area (Å²) in [6.07, 6.45) is 3.09. The molecule has 4 nitrogen and oxygen atoms in total. The van der Waals surface area contributed by atoms with Gasteiger partial charge in [-0.15, -0.1) is 0 Å². The summed E-state index contributed by atoms with van der Waals surface area (Å²) in [5, 5.41) is 2.80. The third kappa shape index (κ3) is 3.04. The number of aromatic nitrogens is 2. The molecule has 1 N–H and O–H groups in total. The molecule has 0 aliphatic carbocycles. The maximum Gasteiger partial charge on any atom is 0.244 e. The Hall–Kier alpha value is -1.88. The van der Waals surface area contributed by atoms with Gasteiger partial charge in [-0.05, 0) is 29.8 Å². The van der Waals surface area contributed by atoms with Crippen molar-refractivity contribution < 1.29 is 9.18 Å². The Morgan fingerprint density at radius 1 is 1.53 bits per heavy atom. The van der Waals surface area contributed by atoms with Crippen LogP contribution in [-0.2, 0) is 11.3 Å². The molecule has 0 saturated carbocycles. The molecule has 0 bridgehead atoms. The van der Waals surface area contributed by atoms with E-state index >= 15 is 0 Å². The Labute approximate surface area is 102 Å². The van der Waals surface area contributed by atoms with Gasteiger partial charge in [0.1, 0.15) is 12.4 Å². The second-order valence-corrected chi connectivity index (χ2v) is 3.72. The summed E-state index contributed by atoms with van der Waals surface area (Å²) >= 11 is 5.72. The number of hydrogen-bond acceptors (Lipinski definition) is 2. The molecule has 6 heteroatoms. The van der Waals surface area contributed by atoms with Crippen LogP contribution in [0.5, 0.6) is 0 Å². The van der Waals surface area contributed by atoms with Crippen LogP contribution in [0.1, 0.15) is 0 Å². The topological polar surface area (TPSA) is 46.9 Å². The molecule has 0 atom stereocenters. The number of carbonyl (C=O) groups excluding carboxylic acids is 1. The van der Waals surface area contributed by atoms with Gasteiger partial charge in [0.15, 0.2) is 0 Å². The summed E-state index contributed by atoms with van der Waals surface area (Å²) < 4.78 is 14.4. The van der Waals surface area contributed by atoms with Gasteiger partial charge in [0.05, 0.1) is 0 Å². The highest BCUT2D eigenvalue weighted by molar-refractivity contribution is 6.28. The first-order valence-electron chi connectivity index (χ1n) is 4.87. The van der Waals surface area contributed by atoms with Crippen LogP contribution in [0.25, 0.3) is 0 Å². The van der Waals surface area contributed by atoms with Crippen molar-refractivity contribution in [2.75, 3.05) is 5.32 Å². The monoisotopic (exact) mass is 253 g/mol. The van der Waals surface area contributed by atoms with Crippen LogP contribution in [0.15, 0.2) is 36.7 Å². The van der Waals surface area contributed by atoms with Crippen molar-refractivity contribution in [3.8, 4) is 0 Å². The molecule has 0 saturated heterocycles. The van der Waals surface area contributed by atoms with Crippen LogP contribution in [0.3, 0.4) is 0 Å². The maximum atomic E-state index is 12.9. The minimum absolute atomic E-state index is 0.0371. The van der Waals surface area contributed by atoms with Gasteiger partial charge in [-0.25, -0.2) is 9.37 Å². The zero-order valence-corrected chi connectivity index (χ0v) is 9.49. The van der Waals surface area contributed by atoms with Gasteiger partial charge in [-0.3, -0.25) is 4.79 Å². The van der Waals surface area contributed by atoms with Crippen molar-refractivity contribution in [1.82, 2.24) is 9.55 Å². The molecule has 1 amide bonds. The highest BCUT2D eigenvalue weighted by Gasteiger charge is 2.06. The molecule has 2 rings (SSSR count). The number of rotatable bonds is 3. The third-order valence-electron chi connectivity index (χ3n) is 2.09. The highest BCUT2D eigenvalue weighted by atomic mass is 35.5. The molecule has 1 aromatic heterocycles. The summed E-state index contributed by atoms with van der Waals surface area (Å²) in [6, 6.07) is 5.68. The summed E-state index contributed by atoms with van der Waals surface area (Å²) in [5.41, 5.74) is 0.409. The molecule has 17 heavy (non-hydrogen) atoms. The van der Waals surface area contributed by atoms with Crippen molar-refractivity contribution in [2.24, 2.45) is 0 Å². The number of anilines is 1. The summed E-state index contributed by atoms with van der Waals surface area (Å²) in [4.78, 5) is 15.4. The quantitative estimate of drug-likeness (QED) is 0.913. The number of halogens is 2. The Kier molecular flexibility index (Phi) is 3.39. The first-order valence-corrected chi connectivity index (χ1v) is 5.25. The van der Waals surface area contributed by atoms with Gasteiger partial charge in [0, 0.05) is 18.1 Å². The van der Waals surface area contributed by atoms with Gasteiger partial charge in [0.2, 0.25) is 11.2 Å².